The molecule has 1 aromatic carbocycles. The molecule has 3 aromatic rings. The number of para-hydroxylation sites is 1. The number of carbonyl (C=O) groups excluding carboxylic acids is 1. The van der Waals surface area contributed by atoms with Gasteiger partial charge in [-0.05, 0) is 69.0 Å². The Labute approximate surface area is 199 Å². The number of rotatable bonds is 5. The number of likely N-dealkylation sites (tertiary alicyclic amines) is 1. The van der Waals surface area contributed by atoms with Crippen LogP contribution in [0.5, 0.6) is 0 Å². The highest BCUT2D eigenvalue weighted by atomic mass is 16.1. The third-order valence-electron chi connectivity index (χ3n) is 7.31. The Kier molecular flexibility index (Phi) is 6.58. The number of nitrogens with zero attached hydrogens (tertiary/aromatic N) is 4. The molecule has 0 unspecified atom stereocenters. The van der Waals surface area contributed by atoms with Gasteiger partial charge in [0, 0.05) is 32.6 Å². The van der Waals surface area contributed by atoms with Crippen molar-refractivity contribution in [2.24, 2.45) is 5.92 Å². The number of hydrogen-bond donors (Lipinski definition) is 2. The minimum atomic E-state index is -0.156. The van der Waals surface area contributed by atoms with Gasteiger partial charge < -0.3 is 20.1 Å². The molecular formula is C26H32N6O2. The van der Waals surface area contributed by atoms with Crippen LogP contribution >= 0.6 is 0 Å². The number of carbonyl (C=O) groups is 1. The van der Waals surface area contributed by atoms with Crippen LogP contribution in [-0.4, -0.2) is 65.5 Å². The molecule has 34 heavy (non-hydrogen) atoms. The first-order valence-electron chi connectivity index (χ1n) is 12.2. The van der Waals surface area contributed by atoms with Crippen LogP contribution in [0, 0.1) is 5.92 Å². The summed E-state index contributed by atoms with van der Waals surface area (Å²) in [6.45, 7) is 5.27. The van der Waals surface area contributed by atoms with Gasteiger partial charge in [-0.2, -0.15) is 0 Å². The standard InChI is InChI=1S/C26H32N6O2/c1-27-26(34)23-7-6-20(16-28-23)32-14-8-18(9-15-32)17-31-12-10-19(11-13-31)24-29-22-5-3-2-4-21(22)25(33)30-24/h2-7,16,18-19H,8-15,17H2,1H3,(H,27,34)(H,29,30,33). The van der Waals surface area contributed by atoms with Gasteiger partial charge in [0.25, 0.3) is 11.5 Å². The lowest BCUT2D eigenvalue weighted by atomic mass is 9.92. The minimum Gasteiger partial charge on any atom is -0.370 e. The van der Waals surface area contributed by atoms with Crippen molar-refractivity contribution < 1.29 is 4.79 Å². The highest BCUT2D eigenvalue weighted by molar-refractivity contribution is 5.92. The maximum Gasteiger partial charge on any atom is 0.269 e. The van der Waals surface area contributed by atoms with E-state index in [-0.39, 0.29) is 11.5 Å². The summed E-state index contributed by atoms with van der Waals surface area (Å²) in [7, 11) is 1.62. The average Bonchev–Trinajstić information content (AvgIpc) is 2.89. The lowest BCUT2D eigenvalue weighted by Gasteiger charge is -2.38. The Morgan fingerprint density at radius 1 is 1.06 bits per heavy atom. The fourth-order valence-electron chi connectivity index (χ4n) is 5.26. The molecule has 2 N–H and O–H groups in total. The Balaban J connectivity index is 1.11. The summed E-state index contributed by atoms with van der Waals surface area (Å²) in [6.07, 6.45) is 6.20. The number of fused-ring (bicyclic) bond motifs is 1. The molecule has 0 bridgehead atoms. The number of H-pyrrole nitrogens is 1. The first-order chi connectivity index (χ1) is 16.6. The normalized spacial score (nSPS) is 18.3. The number of aromatic nitrogens is 3. The molecule has 0 radical (unpaired) electrons. The Morgan fingerprint density at radius 3 is 2.53 bits per heavy atom. The lowest BCUT2D eigenvalue weighted by Crippen LogP contribution is -2.41. The molecule has 4 heterocycles. The topological polar surface area (TPSA) is 94.2 Å². The van der Waals surface area contributed by atoms with Gasteiger partial charge in [0.2, 0.25) is 0 Å². The third-order valence-corrected chi connectivity index (χ3v) is 7.31. The van der Waals surface area contributed by atoms with Gasteiger partial charge in [-0.15, -0.1) is 0 Å². The van der Waals surface area contributed by atoms with Crippen LogP contribution in [0.15, 0.2) is 47.4 Å². The number of nitrogens with one attached hydrogen (secondary N) is 2. The van der Waals surface area contributed by atoms with Crippen molar-refractivity contribution in [3.8, 4) is 0 Å². The van der Waals surface area contributed by atoms with Gasteiger partial charge >= 0.3 is 0 Å². The third kappa shape index (κ3) is 4.82. The predicted octanol–water partition coefficient (Wildman–Crippen LogP) is 2.77. The van der Waals surface area contributed by atoms with E-state index in [1.807, 2.05) is 30.3 Å². The van der Waals surface area contributed by atoms with E-state index in [0.29, 0.717) is 22.9 Å². The molecule has 2 saturated heterocycles. The van der Waals surface area contributed by atoms with Crippen molar-refractivity contribution in [3.63, 3.8) is 0 Å². The van der Waals surface area contributed by atoms with E-state index in [2.05, 4.69) is 25.1 Å². The maximum absolute atomic E-state index is 12.4. The van der Waals surface area contributed by atoms with Crippen molar-refractivity contribution in [2.45, 2.75) is 31.6 Å². The average molecular weight is 461 g/mol. The molecule has 8 heteroatoms. The number of hydrogen-bond acceptors (Lipinski definition) is 6. The first kappa shape index (κ1) is 22.5. The fraction of sp³-hybridized carbons (Fsp3) is 0.462. The number of piperidine rings is 2. The lowest BCUT2D eigenvalue weighted by molar-refractivity contribution is 0.0958. The van der Waals surface area contributed by atoms with E-state index in [0.717, 1.165) is 75.4 Å². The summed E-state index contributed by atoms with van der Waals surface area (Å²) in [5.74, 6) is 1.70. The van der Waals surface area contributed by atoms with E-state index in [1.165, 1.54) is 0 Å². The fourth-order valence-corrected chi connectivity index (χ4v) is 5.26. The van der Waals surface area contributed by atoms with Crippen molar-refractivity contribution in [3.05, 3.63) is 64.5 Å². The van der Waals surface area contributed by atoms with Gasteiger partial charge in [-0.25, -0.2) is 9.97 Å². The summed E-state index contributed by atoms with van der Waals surface area (Å²) in [5.41, 5.74) is 2.29. The molecule has 2 aliphatic heterocycles. The first-order valence-corrected chi connectivity index (χ1v) is 12.2. The molecule has 0 saturated carbocycles. The molecule has 178 valence electrons. The number of pyridine rings is 1. The number of aromatic amines is 1. The second-order valence-corrected chi connectivity index (χ2v) is 9.45. The Hall–Kier alpha value is -3.26. The van der Waals surface area contributed by atoms with Gasteiger partial charge in [-0.3, -0.25) is 9.59 Å². The zero-order valence-electron chi connectivity index (χ0n) is 19.7. The van der Waals surface area contributed by atoms with E-state index < -0.39 is 0 Å². The van der Waals surface area contributed by atoms with Crippen molar-refractivity contribution in [1.82, 2.24) is 25.2 Å². The SMILES string of the molecule is CNC(=O)c1ccc(N2CCC(CN3CCC(c4nc5ccccc5c(=O)[nH]4)CC3)CC2)cn1. The van der Waals surface area contributed by atoms with Crippen molar-refractivity contribution in [2.75, 3.05) is 44.7 Å². The summed E-state index contributed by atoms with van der Waals surface area (Å²) >= 11 is 0. The maximum atomic E-state index is 12.4. The number of amides is 1. The Morgan fingerprint density at radius 2 is 1.82 bits per heavy atom. The van der Waals surface area contributed by atoms with Gasteiger partial charge in [-0.1, -0.05) is 12.1 Å². The van der Waals surface area contributed by atoms with Crippen molar-refractivity contribution >= 4 is 22.5 Å². The molecule has 2 aromatic heterocycles. The smallest absolute Gasteiger partial charge is 0.269 e. The van der Waals surface area contributed by atoms with Crippen LogP contribution in [0.3, 0.4) is 0 Å². The molecule has 0 atom stereocenters. The van der Waals surface area contributed by atoms with E-state index >= 15 is 0 Å². The molecule has 2 aliphatic rings. The number of benzene rings is 1. The highest BCUT2D eigenvalue weighted by Crippen LogP contribution is 2.28. The molecule has 5 rings (SSSR count). The molecule has 8 nitrogen and oxygen atoms in total. The largest absolute Gasteiger partial charge is 0.370 e. The molecule has 1 amide bonds. The molecule has 0 spiro atoms. The second-order valence-electron chi connectivity index (χ2n) is 9.45. The zero-order valence-corrected chi connectivity index (χ0v) is 19.7. The summed E-state index contributed by atoms with van der Waals surface area (Å²) < 4.78 is 0. The summed E-state index contributed by atoms with van der Waals surface area (Å²) in [6, 6.07) is 11.3. The van der Waals surface area contributed by atoms with E-state index in [4.69, 9.17) is 4.98 Å². The molecular weight excluding hydrogens is 428 g/mol. The van der Waals surface area contributed by atoms with Gasteiger partial charge in [0.05, 0.1) is 22.8 Å². The van der Waals surface area contributed by atoms with Crippen LogP contribution in [0.2, 0.25) is 0 Å². The Bertz CT molecular complexity index is 1190. The van der Waals surface area contributed by atoms with Crippen LogP contribution in [-0.2, 0) is 0 Å². The summed E-state index contributed by atoms with van der Waals surface area (Å²) in [4.78, 5) is 41.1. The second kappa shape index (κ2) is 9.93. The van der Waals surface area contributed by atoms with Crippen LogP contribution < -0.4 is 15.8 Å². The zero-order chi connectivity index (χ0) is 23.5. The quantitative estimate of drug-likeness (QED) is 0.608. The predicted molar refractivity (Wildman–Crippen MR) is 133 cm³/mol. The monoisotopic (exact) mass is 460 g/mol. The summed E-state index contributed by atoms with van der Waals surface area (Å²) in [5, 5.41) is 3.27. The highest BCUT2D eigenvalue weighted by Gasteiger charge is 2.26. The van der Waals surface area contributed by atoms with E-state index in [9.17, 15) is 9.59 Å². The van der Waals surface area contributed by atoms with Crippen LogP contribution in [0.1, 0.15) is 47.9 Å². The van der Waals surface area contributed by atoms with Gasteiger partial charge in [0.15, 0.2) is 0 Å². The van der Waals surface area contributed by atoms with Crippen molar-refractivity contribution in [1.29, 1.82) is 0 Å². The molecule has 2 fully saturated rings. The van der Waals surface area contributed by atoms with Gasteiger partial charge in [0.1, 0.15) is 11.5 Å². The van der Waals surface area contributed by atoms with Crippen LogP contribution in [0.25, 0.3) is 10.9 Å². The molecule has 0 aliphatic carbocycles. The van der Waals surface area contributed by atoms with E-state index in [1.54, 1.807) is 19.3 Å². The van der Waals surface area contributed by atoms with Crippen LogP contribution in [0.4, 0.5) is 5.69 Å². The minimum absolute atomic E-state index is 0.0340. The number of anilines is 1.